The van der Waals surface area contributed by atoms with Crippen LogP contribution in [0.2, 0.25) is 0 Å². The van der Waals surface area contributed by atoms with Gasteiger partial charge in [0.1, 0.15) is 5.75 Å². The van der Waals surface area contributed by atoms with Crippen LogP contribution in [0.1, 0.15) is 42.4 Å². The molecule has 0 aliphatic heterocycles. The first-order valence-electron chi connectivity index (χ1n) is 11.1. The molecule has 0 aromatic heterocycles. The molecule has 2 aromatic carbocycles. The summed E-state index contributed by atoms with van der Waals surface area (Å²) in [5.74, 6) is -2.83. The van der Waals surface area contributed by atoms with Gasteiger partial charge in [0, 0.05) is 0 Å². The number of esters is 3. The lowest BCUT2D eigenvalue weighted by atomic mass is 9.82. The molecule has 2 aromatic rings. The van der Waals surface area contributed by atoms with E-state index < -0.39 is 23.8 Å². The van der Waals surface area contributed by atoms with E-state index in [1.807, 2.05) is 18.2 Å². The van der Waals surface area contributed by atoms with Crippen LogP contribution in [0.15, 0.2) is 47.5 Å². The van der Waals surface area contributed by atoms with Crippen LogP contribution in [0.4, 0.5) is 5.69 Å². The highest BCUT2D eigenvalue weighted by atomic mass is 16.5. The van der Waals surface area contributed by atoms with Crippen molar-refractivity contribution in [1.29, 1.82) is 0 Å². The van der Waals surface area contributed by atoms with Gasteiger partial charge >= 0.3 is 17.9 Å². The predicted molar refractivity (Wildman–Crippen MR) is 126 cm³/mol. The van der Waals surface area contributed by atoms with Gasteiger partial charge in [-0.1, -0.05) is 18.2 Å². The molecule has 1 aliphatic rings. The average Bonchev–Trinajstić information content (AvgIpc) is 2.82. The number of methoxy groups -OCH3 is 1. The Balaban J connectivity index is 1.71. The summed E-state index contributed by atoms with van der Waals surface area (Å²) in [6.07, 6.45) is 2.52. The van der Waals surface area contributed by atoms with E-state index in [1.165, 1.54) is 7.11 Å². The summed E-state index contributed by atoms with van der Waals surface area (Å²) in [6.45, 7) is 1.83. The smallest absolute Gasteiger partial charge is 0.320 e. The van der Waals surface area contributed by atoms with E-state index in [0.717, 1.165) is 24.0 Å². The van der Waals surface area contributed by atoms with Crippen molar-refractivity contribution in [2.24, 2.45) is 22.4 Å². The van der Waals surface area contributed by atoms with Gasteiger partial charge in [0.05, 0.1) is 25.3 Å². The first kappa shape index (κ1) is 24.8. The van der Waals surface area contributed by atoms with Gasteiger partial charge < -0.3 is 25.7 Å². The van der Waals surface area contributed by atoms with Gasteiger partial charge in [-0.05, 0) is 73.6 Å². The van der Waals surface area contributed by atoms with Crippen molar-refractivity contribution in [2.75, 3.05) is 13.7 Å². The Morgan fingerprint density at radius 3 is 2.47 bits per heavy atom. The Bertz CT molecular complexity index is 1080. The fourth-order valence-corrected chi connectivity index (χ4v) is 4.01. The Morgan fingerprint density at radius 2 is 1.82 bits per heavy atom. The van der Waals surface area contributed by atoms with E-state index in [-0.39, 0.29) is 25.0 Å². The van der Waals surface area contributed by atoms with Gasteiger partial charge in [-0.2, -0.15) is 0 Å². The summed E-state index contributed by atoms with van der Waals surface area (Å²) < 4.78 is 15.3. The number of aryl methyl sites for hydroxylation is 1. The van der Waals surface area contributed by atoms with Crippen LogP contribution >= 0.6 is 0 Å². The summed E-state index contributed by atoms with van der Waals surface area (Å²) in [7, 11) is 1.22. The largest absolute Gasteiger partial charge is 0.468 e. The maximum Gasteiger partial charge on any atom is 0.320 e. The number of nitrogens with zero attached hydrogens (tertiary/aromatic N) is 1. The number of carbonyl (C=O) groups is 3. The first-order chi connectivity index (χ1) is 16.3. The fraction of sp³-hybridized carbons (Fsp3) is 0.360. The molecule has 0 bridgehead atoms. The van der Waals surface area contributed by atoms with Crippen molar-refractivity contribution in [2.45, 2.75) is 38.5 Å². The lowest BCUT2D eigenvalue weighted by molar-refractivity contribution is -0.160. The topological polar surface area (TPSA) is 143 Å². The third-order valence-electron chi connectivity index (χ3n) is 5.62. The number of guanidine groups is 1. The number of benzene rings is 2. The number of nitrogens with two attached hydrogens (primary N) is 2. The molecule has 0 radical (unpaired) electrons. The molecule has 0 amide bonds. The number of fused-ring (bicyclic) bond motifs is 1. The normalized spacial score (nSPS) is 15.4. The van der Waals surface area contributed by atoms with Gasteiger partial charge in [0.2, 0.25) is 0 Å². The molecule has 9 nitrogen and oxygen atoms in total. The second-order valence-corrected chi connectivity index (χ2v) is 7.96. The molecule has 0 fully saturated rings. The Kier molecular flexibility index (Phi) is 8.24. The van der Waals surface area contributed by atoms with Crippen LogP contribution in [0, 0.1) is 5.92 Å². The molecule has 1 aliphatic carbocycles. The van der Waals surface area contributed by atoms with Crippen molar-refractivity contribution in [1.82, 2.24) is 0 Å². The van der Waals surface area contributed by atoms with Crippen molar-refractivity contribution < 1.29 is 28.6 Å². The summed E-state index contributed by atoms with van der Waals surface area (Å²) >= 11 is 0. The van der Waals surface area contributed by atoms with Gasteiger partial charge in [-0.3, -0.25) is 14.4 Å². The highest BCUT2D eigenvalue weighted by Crippen LogP contribution is 2.35. The van der Waals surface area contributed by atoms with Crippen molar-refractivity contribution >= 4 is 29.6 Å². The summed E-state index contributed by atoms with van der Waals surface area (Å²) in [6, 6.07) is 12.2. The zero-order chi connectivity index (χ0) is 24.7. The number of hydrogen-bond acceptors (Lipinski definition) is 7. The molecule has 9 heteroatoms. The highest BCUT2D eigenvalue weighted by molar-refractivity contribution is 5.95. The number of rotatable bonds is 8. The van der Waals surface area contributed by atoms with Crippen molar-refractivity contribution in [3.05, 3.63) is 59.2 Å². The minimum absolute atomic E-state index is 0.0487. The van der Waals surface area contributed by atoms with Crippen LogP contribution in [0.5, 0.6) is 5.75 Å². The minimum Gasteiger partial charge on any atom is -0.468 e. The molecule has 0 saturated heterocycles. The zero-order valence-electron chi connectivity index (χ0n) is 19.3. The van der Waals surface area contributed by atoms with Crippen LogP contribution in [-0.4, -0.2) is 37.6 Å². The van der Waals surface area contributed by atoms with Gasteiger partial charge in [-0.15, -0.1) is 0 Å². The molecule has 0 heterocycles. The monoisotopic (exact) mass is 467 g/mol. The molecule has 180 valence electrons. The van der Waals surface area contributed by atoms with Gasteiger partial charge in [-0.25, -0.2) is 4.99 Å². The third-order valence-corrected chi connectivity index (χ3v) is 5.62. The number of aliphatic imine (C=N–C) groups is 1. The summed E-state index contributed by atoms with van der Waals surface area (Å²) in [5.41, 5.74) is 14.2. The predicted octanol–water partition coefficient (Wildman–Crippen LogP) is 2.51. The lowest BCUT2D eigenvalue weighted by Crippen LogP contribution is -2.29. The number of hydrogen-bond donors (Lipinski definition) is 2. The standard InChI is InChI=1S/C25H29N3O6/c1-3-33-23(30)21(22(29)32-2)13-15-7-11-18(12-8-15)34-24(31)19-6-4-5-16-9-10-17(14-20(16)19)28-25(26)27/h7-12,14,19,21H,3-6,13H2,1-2H3,(H4,26,27,28). The fourth-order valence-electron chi connectivity index (χ4n) is 4.01. The summed E-state index contributed by atoms with van der Waals surface area (Å²) in [4.78, 5) is 41.2. The summed E-state index contributed by atoms with van der Waals surface area (Å²) in [5, 5.41) is 0. The second kappa shape index (κ2) is 11.3. The molecule has 34 heavy (non-hydrogen) atoms. The van der Waals surface area contributed by atoms with Crippen molar-refractivity contribution in [3.63, 3.8) is 0 Å². The maximum atomic E-state index is 13.0. The van der Waals surface area contributed by atoms with E-state index in [2.05, 4.69) is 4.99 Å². The molecule has 4 N–H and O–H groups in total. The molecular weight excluding hydrogens is 438 g/mol. The number of ether oxygens (including phenoxy) is 3. The minimum atomic E-state index is -1.06. The van der Waals surface area contributed by atoms with Crippen LogP contribution < -0.4 is 16.2 Å². The van der Waals surface area contributed by atoms with Crippen LogP contribution in [-0.2, 0) is 36.7 Å². The molecule has 3 rings (SSSR count). The Hall–Kier alpha value is -3.88. The highest BCUT2D eigenvalue weighted by Gasteiger charge is 2.30. The van der Waals surface area contributed by atoms with Gasteiger partial charge in [0.15, 0.2) is 11.9 Å². The van der Waals surface area contributed by atoms with Crippen molar-refractivity contribution in [3.8, 4) is 5.75 Å². The molecule has 0 spiro atoms. The maximum absolute atomic E-state index is 13.0. The first-order valence-corrected chi connectivity index (χ1v) is 11.1. The Morgan fingerprint density at radius 1 is 1.09 bits per heavy atom. The quantitative estimate of drug-likeness (QED) is 0.198. The van der Waals surface area contributed by atoms with E-state index >= 15 is 0 Å². The van der Waals surface area contributed by atoms with E-state index in [0.29, 0.717) is 23.4 Å². The van der Waals surface area contributed by atoms with Crippen LogP contribution in [0.3, 0.4) is 0 Å². The molecular formula is C25H29N3O6. The second-order valence-electron chi connectivity index (χ2n) is 7.96. The zero-order valence-corrected chi connectivity index (χ0v) is 19.3. The van der Waals surface area contributed by atoms with E-state index in [1.54, 1.807) is 31.2 Å². The molecule has 2 unspecified atom stereocenters. The van der Waals surface area contributed by atoms with Crippen LogP contribution in [0.25, 0.3) is 0 Å². The molecule has 2 atom stereocenters. The van der Waals surface area contributed by atoms with Gasteiger partial charge in [0.25, 0.3) is 0 Å². The number of carbonyl (C=O) groups excluding carboxylic acids is 3. The SMILES string of the molecule is CCOC(=O)C(Cc1ccc(OC(=O)C2CCCc3ccc(N=C(N)N)cc32)cc1)C(=O)OC. The molecule has 0 saturated carbocycles. The van der Waals surface area contributed by atoms with E-state index in [9.17, 15) is 14.4 Å². The lowest BCUT2D eigenvalue weighted by Gasteiger charge is -2.24. The average molecular weight is 468 g/mol. The third kappa shape index (κ3) is 6.12. The Labute approximate surface area is 198 Å². The van der Waals surface area contributed by atoms with E-state index in [4.69, 9.17) is 25.7 Å².